The van der Waals surface area contributed by atoms with Gasteiger partial charge in [0.25, 0.3) is 5.69 Å². The average molecular weight is 341 g/mol. The molecule has 0 aromatic carbocycles. The standard InChI is InChI=1S/C13H17BrN4O2/c14-11-6-10(18(19)20)8-15-12(11)17-9-2-5-16-13(7-9)3-1-4-13/h6,8-9,16H,1-5,7H2,(H,15,17). The van der Waals surface area contributed by atoms with E-state index in [0.717, 1.165) is 19.4 Å². The minimum atomic E-state index is -0.435. The second-order valence-corrected chi connectivity index (χ2v) is 6.53. The second-order valence-electron chi connectivity index (χ2n) is 5.68. The van der Waals surface area contributed by atoms with E-state index in [1.807, 2.05) is 0 Å². The summed E-state index contributed by atoms with van der Waals surface area (Å²) in [5.41, 5.74) is 0.326. The molecule has 7 heteroatoms. The van der Waals surface area contributed by atoms with E-state index in [9.17, 15) is 10.1 Å². The van der Waals surface area contributed by atoms with Crippen LogP contribution in [0.3, 0.4) is 0 Å². The minimum Gasteiger partial charge on any atom is -0.366 e. The molecule has 1 atom stereocenters. The minimum absolute atomic E-state index is 0.00296. The molecule has 2 aliphatic rings. The quantitative estimate of drug-likeness (QED) is 0.653. The number of hydrogen-bond acceptors (Lipinski definition) is 5. The van der Waals surface area contributed by atoms with Crippen LogP contribution in [0, 0.1) is 10.1 Å². The van der Waals surface area contributed by atoms with Gasteiger partial charge in [-0.25, -0.2) is 4.98 Å². The predicted octanol–water partition coefficient (Wildman–Crippen LogP) is 2.84. The topological polar surface area (TPSA) is 80.1 Å². The van der Waals surface area contributed by atoms with Gasteiger partial charge in [-0.3, -0.25) is 10.1 Å². The molecule has 2 heterocycles. The molecule has 0 amide bonds. The molecular weight excluding hydrogens is 324 g/mol. The first-order chi connectivity index (χ1) is 9.58. The van der Waals surface area contributed by atoms with Gasteiger partial charge in [0.15, 0.2) is 0 Å². The molecule has 1 aromatic heterocycles. The Morgan fingerprint density at radius 3 is 2.95 bits per heavy atom. The third-order valence-corrected chi connectivity index (χ3v) is 4.92. The summed E-state index contributed by atoms with van der Waals surface area (Å²) in [5, 5.41) is 17.7. The Morgan fingerprint density at radius 2 is 2.35 bits per heavy atom. The Kier molecular flexibility index (Phi) is 3.64. The highest BCUT2D eigenvalue weighted by molar-refractivity contribution is 9.10. The maximum absolute atomic E-state index is 10.7. The Labute approximate surface area is 125 Å². The van der Waals surface area contributed by atoms with Crippen molar-refractivity contribution < 1.29 is 4.92 Å². The summed E-state index contributed by atoms with van der Waals surface area (Å²) in [6.07, 6.45) is 7.25. The van der Waals surface area contributed by atoms with Gasteiger partial charge in [-0.1, -0.05) is 0 Å². The molecule has 108 valence electrons. The monoisotopic (exact) mass is 340 g/mol. The van der Waals surface area contributed by atoms with E-state index in [1.54, 1.807) is 0 Å². The van der Waals surface area contributed by atoms with Crippen molar-refractivity contribution in [2.24, 2.45) is 0 Å². The molecule has 1 spiro atoms. The summed E-state index contributed by atoms with van der Waals surface area (Å²) >= 11 is 3.36. The van der Waals surface area contributed by atoms with Crippen LogP contribution in [0.1, 0.15) is 32.1 Å². The first kappa shape index (κ1) is 13.8. The SMILES string of the molecule is O=[N+]([O-])c1cnc(NC2CCNC3(CCC3)C2)c(Br)c1. The van der Waals surface area contributed by atoms with Gasteiger partial charge in [-0.2, -0.15) is 0 Å². The molecule has 6 nitrogen and oxygen atoms in total. The zero-order valence-electron chi connectivity index (χ0n) is 11.1. The van der Waals surface area contributed by atoms with Gasteiger partial charge < -0.3 is 10.6 Å². The highest BCUT2D eigenvalue weighted by Crippen LogP contribution is 2.39. The molecule has 3 rings (SSSR count). The van der Waals surface area contributed by atoms with Crippen LogP contribution in [0.15, 0.2) is 16.7 Å². The summed E-state index contributed by atoms with van der Waals surface area (Å²) in [6.45, 7) is 1.02. The van der Waals surface area contributed by atoms with Crippen molar-refractivity contribution in [3.05, 3.63) is 26.9 Å². The fraction of sp³-hybridized carbons (Fsp3) is 0.615. The number of nitrogens with zero attached hydrogens (tertiary/aromatic N) is 2. The third-order valence-electron chi connectivity index (χ3n) is 4.32. The van der Waals surface area contributed by atoms with Crippen LogP contribution in [-0.4, -0.2) is 28.0 Å². The fourth-order valence-corrected chi connectivity index (χ4v) is 3.54. The van der Waals surface area contributed by atoms with E-state index in [1.165, 1.54) is 31.5 Å². The fourth-order valence-electron chi connectivity index (χ4n) is 3.09. The molecular formula is C13H17BrN4O2. The van der Waals surface area contributed by atoms with Gasteiger partial charge in [0.05, 0.1) is 9.40 Å². The lowest BCUT2D eigenvalue weighted by Gasteiger charge is -2.48. The van der Waals surface area contributed by atoms with E-state index in [-0.39, 0.29) is 5.69 Å². The molecule has 1 aliphatic heterocycles. The van der Waals surface area contributed by atoms with Crippen molar-refractivity contribution in [2.45, 2.75) is 43.7 Å². The van der Waals surface area contributed by atoms with Crippen molar-refractivity contribution in [3.8, 4) is 0 Å². The van der Waals surface area contributed by atoms with Gasteiger partial charge in [0.1, 0.15) is 12.0 Å². The van der Waals surface area contributed by atoms with Gasteiger partial charge in [0.2, 0.25) is 0 Å². The van der Waals surface area contributed by atoms with Crippen molar-refractivity contribution in [2.75, 3.05) is 11.9 Å². The predicted molar refractivity (Wildman–Crippen MR) is 79.8 cm³/mol. The van der Waals surface area contributed by atoms with Crippen LogP contribution < -0.4 is 10.6 Å². The Morgan fingerprint density at radius 1 is 1.55 bits per heavy atom. The zero-order valence-corrected chi connectivity index (χ0v) is 12.6. The number of nitrogens with one attached hydrogen (secondary N) is 2. The summed E-state index contributed by atoms with van der Waals surface area (Å²) in [7, 11) is 0. The molecule has 1 saturated heterocycles. The molecule has 0 radical (unpaired) electrons. The summed E-state index contributed by atoms with van der Waals surface area (Å²) in [4.78, 5) is 14.4. The van der Waals surface area contributed by atoms with E-state index in [4.69, 9.17) is 0 Å². The first-order valence-corrected chi connectivity index (χ1v) is 7.69. The normalized spacial score (nSPS) is 24.1. The van der Waals surface area contributed by atoms with Crippen LogP contribution in [0.2, 0.25) is 0 Å². The van der Waals surface area contributed by atoms with E-state index in [2.05, 4.69) is 31.5 Å². The van der Waals surface area contributed by atoms with Gasteiger partial charge in [-0.05, 0) is 54.6 Å². The number of halogens is 1. The second kappa shape index (κ2) is 5.29. The molecule has 1 aromatic rings. The number of piperidine rings is 1. The van der Waals surface area contributed by atoms with Gasteiger partial charge in [0, 0.05) is 17.6 Å². The van der Waals surface area contributed by atoms with Crippen LogP contribution >= 0.6 is 15.9 Å². The number of nitro groups is 1. The maximum atomic E-state index is 10.7. The smallest absolute Gasteiger partial charge is 0.288 e. The highest BCUT2D eigenvalue weighted by atomic mass is 79.9. The van der Waals surface area contributed by atoms with Gasteiger partial charge >= 0.3 is 0 Å². The van der Waals surface area contributed by atoms with Crippen LogP contribution in [0.25, 0.3) is 0 Å². The summed E-state index contributed by atoms with van der Waals surface area (Å²) in [6, 6.07) is 1.87. The van der Waals surface area contributed by atoms with E-state index >= 15 is 0 Å². The van der Waals surface area contributed by atoms with Crippen molar-refractivity contribution >= 4 is 27.4 Å². The maximum Gasteiger partial charge on any atom is 0.288 e. The lowest BCUT2D eigenvalue weighted by Crippen LogP contribution is -2.58. The molecule has 1 aliphatic carbocycles. The van der Waals surface area contributed by atoms with Crippen molar-refractivity contribution in [1.82, 2.24) is 10.3 Å². The largest absolute Gasteiger partial charge is 0.366 e. The van der Waals surface area contributed by atoms with E-state index < -0.39 is 4.92 Å². The Hall–Kier alpha value is -1.21. The molecule has 0 bridgehead atoms. The summed E-state index contributed by atoms with van der Waals surface area (Å²) < 4.78 is 0.646. The highest BCUT2D eigenvalue weighted by Gasteiger charge is 2.40. The molecule has 1 saturated carbocycles. The number of hydrogen-bond donors (Lipinski definition) is 2. The van der Waals surface area contributed by atoms with Crippen LogP contribution in [0.5, 0.6) is 0 Å². The van der Waals surface area contributed by atoms with Gasteiger partial charge in [-0.15, -0.1) is 0 Å². The molecule has 20 heavy (non-hydrogen) atoms. The molecule has 2 fully saturated rings. The zero-order chi connectivity index (χ0) is 14.2. The number of pyridine rings is 1. The lowest BCUT2D eigenvalue weighted by atomic mass is 9.70. The summed E-state index contributed by atoms with van der Waals surface area (Å²) in [5.74, 6) is 0.692. The van der Waals surface area contributed by atoms with Crippen molar-refractivity contribution in [1.29, 1.82) is 0 Å². The van der Waals surface area contributed by atoms with Crippen LogP contribution in [0.4, 0.5) is 11.5 Å². The third kappa shape index (κ3) is 2.64. The Bertz CT molecular complexity index is 533. The Balaban J connectivity index is 1.69. The molecule has 1 unspecified atom stereocenters. The van der Waals surface area contributed by atoms with E-state index in [0.29, 0.717) is 21.9 Å². The van der Waals surface area contributed by atoms with Crippen LogP contribution in [-0.2, 0) is 0 Å². The number of anilines is 1. The number of rotatable bonds is 3. The molecule has 2 N–H and O–H groups in total. The lowest BCUT2D eigenvalue weighted by molar-refractivity contribution is -0.385. The first-order valence-electron chi connectivity index (χ1n) is 6.89. The average Bonchev–Trinajstić information content (AvgIpc) is 2.39. The number of aromatic nitrogens is 1. The van der Waals surface area contributed by atoms with Crippen molar-refractivity contribution in [3.63, 3.8) is 0 Å².